The van der Waals surface area contributed by atoms with Crippen LogP contribution in [0.15, 0.2) is 35.5 Å². The van der Waals surface area contributed by atoms with Crippen molar-refractivity contribution in [2.45, 2.75) is 5.16 Å². The number of thioether (sulfide) groups is 1. The number of halogens is 1. The molecular weight excluding hydrogens is 347 g/mol. The highest BCUT2D eigenvalue weighted by Gasteiger charge is 2.02. The van der Waals surface area contributed by atoms with Crippen LogP contribution in [0.25, 0.3) is 0 Å². The summed E-state index contributed by atoms with van der Waals surface area (Å²) in [5.41, 5.74) is 6.70. The Morgan fingerprint density at radius 2 is 2.12 bits per heavy atom. The van der Waals surface area contributed by atoms with Gasteiger partial charge in [-0.3, -0.25) is 0 Å². The van der Waals surface area contributed by atoms with Gasteiger partial charge in [-0.1, -0.05) is 17.8 Å². The second-order valence-corrected chi connectivity index (χ2v) is 5.32. The number of rotatable bonds is 3. The number of nitrogens with two attached hydrogens (primary N) is 1. The third-order valence-corrected chi connectivity index (χ3v) is 3.22. The molecule has 2 aromatic rings. The summed E-state index contributed by atoms with van der Waals surface area (Å²) >= 11 is 3.73. The van der Waals surface area contributed by atoms with E-state index < -0.39 is 0 Å². The zero-order valence-electron chi connectivity index (χ0n) is 9.14. The Morgan fingerprint density at radius 3 is 2.82 bits per heavy atom. The summed E-state index contributed by atoms with van der Waals surface area (Å²) in [4.78, 5) is 8.43. The molecule has 2 rings (SSSR count). The highest BCUT2D eigenvalue weighted by molar-refractivity contribution is 14.1. The lowest BCUT2D eigenvalue weighted by molar-refractivity contribution is 0.984. The van der Waals surface area contributed by atoms with E-state index in [1.54, 1.807) is 6.07 Å². The maximum absolute atomic E-state index is 5.71. The van der Waals surface area contributed by atoms with Crippen LogP contribution in [0, 0.1) is 3.57 Å². The van der Waals surface area contributed by atoms with E-state index in [1.807, 2.05) is 30.5 Å². The van der Waals surface area contributed by atoms with Gasteiger partial charge in [0.15, 0.2) is 5.16 Å². The molecule has 0 spiro atoms. The molecule has 0 atom stereocenters. The minimum absolute atomic E-state index is 0.470. The molecule has 3 N–H and O–H groups in total. The lowest BCUT2D eigenvalue weighted by atomic mass is 10.3. The molecule has 0 unspecified atom stereocenters. The van der Waals surface area contributed by atoms with Crippen molar-refractivity contribution in [1.29, 1.82) is 0 Å². The van der Waals surface area contributed by atoms with Crippen molar-refractivity contribution in [3.05, 3.63) is 33.9 Å². The lowest BCUT2D eigenvalue weighted by Crippen LogP contribution is -2.00. The van der Waals surface area contributed by atoms with Crippen LogP contribution < -0.4 is 11.1 Å². The second kappa shape index (κ2) is 5.54. The zero-order valence-corrected chi connectivity index (χ0v) is 12.1. The summed E-state index contributed by atoms with van der Waals surface area (Å²) < 4.78 is 1.17. The van der Waals surface area contributed by atoms with E-state index in [1.165, 1.54) is 15.3 Å². The summed E-state index contributed by atoms with van der Waals surface area (Å²) in [6.07, 6.45) is 1.92. The van der Waals surface area contributed by atoms with E-state index >= 15 is 0 Å². The first-order chi connectivity index (χ1) is 8.17. The van der Waals surface area contributed by atoms with Crippen LogP contribution in [0.1, 0.15) is 0 Å². The monoisotopic (exact) mass is 358 g/mol. The van der Waals surface area contributed by atoms with Gasteiger partial charge in [0.2, 0.25) is 0 Å². The number of aromatic nitrogens is 2. The van der Waals surface area contributed by atoms with Crippen LogP contribution in [0.3, 0.4) is 0 Å². The van der Waals surface area contributed by atoms with Gasteiger partial charge in [0.05, 0.1) is 0 Å². The van der Waals surface area contributed by atoms with E-state index in [0.717, 1.165) is 5.69 Å². The second-order valence-electron chi connectivity index (χ2n) is 3.30. The van der Waals surface area contributed by atoms with Gasteiger partial charge in [-0.25, -0.2) is 9.97 Å². The number of nitrogens with zero attached hydrogens (tertiary/aromatic N) is 2. The smallest absolute Gasteiger partial charge is 0.191 e. The first-order valence-corrected chi connectivity index (χ1v) is 7.19. The van der Waals surface area contributed by atoms with Gasteiger partial charge in [-0.15, -0.1) is 0 Å². The highest BCUT2D eigenvalue weighted by Crippen LogP contribution is 2.20. The van der Waals surface area contributed by atoms with Crippen LogP contribution in [0.2, 0.25) is 0 Å². The van der Waals surface area contributed by atoms with Gasteiger partial charge >= 0.3 is 0 Å². The molecule has 0 aliphatic heterocycles. The minimum atomic E-state index is 0.470. The molecule has 88 valence electrons. The van der Waals surface area contributed by atoms with Crippen LogP contribution in [-0.4, -0.2) is 16.2 Å². The van der Waals surface area contributed by atoms with Gasteiger partial charge in [-0.05, 0) is 47.0 Å². The zero-order chi connectivity index (χ0) is 12.3. The van der Waals surface area contributed by atoms with Crippen molar-refractivity contribution >= 4 is 51.7 Å². The molecule has 1 heterocycles. The van der Waals surface area contributed by atoms with Gasteiger partial charge < -0.3 is 11.1 Å². The third kappa shape index (κ3) is 3.47. The van der Waals surface area contributed by atoms with Gasteiger partial charge in [0.1, 0.15) is 11.6 Å². The first kappa shape index (κ1) is 12.4. The van der Waals surface area contributed by atoms with Crippen LogP contribution in [0.4, 0.5) is 17.3 Å². The molecule has 6 heteroatoms. The van der Waals surface area contributed by atoms with E-state index in [4.69, 9.17) is 5.73 Å². The largest absolute Gasteiger partial charge is 0.383 e. The number of anilines is 3. The average molecular weight is 358 g/mol. The Labute approximate surface area is 118 Å². The molecule has 1 aromatic carbocycles. The van der Waals surface area contributed by atoms with Crippen molar-refractivity contribution in [3.8, 4) is 0 Å². The Balaban J connectivity index is 2.26. The maximum Gasteiger partial charge on any atom is 0.191 e. The molecule has 0 amide bonds. The lowest BCUT2D eigenvalue weighted by Gasteiger charge is -2.07. The normalized spacial score (nSPS) is 10.2. The Hall–Kier alpha value is -1.02. The topological polar surface area (TPSA) is 63.8 Å². The predicted molar refractivity (Wildman–Crippen MR) is 80.7 cm³/mol. The third-order valence-electron chi connectivity index (χ3n) is 2.01. The first-order valence-electron chi connectivity index (χ1n) is 4.88. The molecule has 4 nitrogen and oxygen atoms in total. The van der Waals surface area contributed by atoms with Crippen molar-refractivity contribution < 1.29 is 0 Å². The van der Waals surface area contributed by atoms with Gasteiger partial charge in [0, 0.05) is 15.3 Å². The average Bonchev–Trinajstić information content (AvgIpc) is 2.28. The Bertz CT molecular complexity index is 533. The minimum Gasteiger partial charge on any atom is -0.383 e. The standard InChI is InChI=1S/C11H11IN4S/c1-17-11-15-9(13)6-10(16-11)14-8-4-2-3-7(12)5-8/h2-6H,1H3,(H3,13,14,15,16). The van der Waals surface area contributed by atoms with Crippen molar-refractivity contribution in [1.82, 2.24) is 9.97 Å². The molecule has 17 heavy (non-hydrogen) atoms. The molecule has 0 aliphatic carbocycles. The number of hydrogen-bond donors (Lipinski definition) is 2. The molecule has 0 saturated carbocycles. The van der Waals surface area contributed by atoms with Crippen LogP contribution in [-0.2, 0) is 0 Å². The fourth-order valence-corrected chi connectivity index (χ4v) is 2.24. The predicted octanol–water partition coefficient (Wildman–Crippen LogP) is 3.13. The number of benzene rings is 1. The molecule has 0 fully saturated rings. The molecule has 0 bridgehead atoms. The summed E-state index contributed by atoms with van der Waals surface area (Å²) in [7, 11) is 0. The van der Waals surface area contributed by atoms with Gasteiger partial charge in [0.25, 0.3) is 0 Å². The summed E-state index contributed by atoms with van der Waals surface area (Å²) in [5, 5.41) is 3.88. The van der Waals surface area contributed by atoms with Gasteiger partial charge in [-0.2, -0.15) is 0 Å². The van der Waals surface area contributed by atoms with Crippen molar-refractivity contribution in [2.24, 2.45) is 0 Å². The molecular formula is C11H11IN4S. The quantitative estimate of drug-likeness (QED) is 0.502. The van der Waals surface area contributed by atoms with E-state index in [9.17, 15) is 0 Å². The van der Waals surface area contributed by atoms with E-state index in [0.29, 0.717) is 16.8 Å². The Kier molecular flexibility index (Phi) is 4.06. The van der Waals surface area contributed by atoms with E-state index in [2.05, 4.69) is 37.9 Å². The fraction of sp³-hybridized carbons (Fsp3) is 0.0909. The molecule has 1 aromatic heterocycles. The number of hydrogen-bond acceptors (Lipinski definition) is 5. The number of nitrogens with one attached hydrogen (secondary N) is 1. The molecule has 0 radical (unpaired) electrons. The van der Waals surface area contributed by atoms with Crippen LogP contribution in [0.5, 0.6) is 0 Å². The molecule has 0 aliphatic rings. The fourth-order valence-electron chi connectivity index (χ4n) is 1.31. The maximum atomic E-state index is 5.71. The van der Waals surface area contributed by atoms with E-state index in [-0.39, 0.29) is 0 Å². The van der Waals surface area contributed by atoms with Crippen LogP contribution >= 0.6 is 34.4 Å². The summed E-state index contributed by atoms with van der Waals surface area (Å²) in [6.45, 7) is 0. The Morgan fingerprint density at radius 1 is 1.29 bits per heavy atom. The summed E-state index contributed by atoms with van der Waals surface area (Å²) in [6, 6.07) is 9.77. The SMILES string of the molecule is CSc1nc(N)cc(Nc2cccc(I)c2)n1. The molecule has 0 saturated heterocycles. The highest BCUT2D eigenvalue weighted by atomic mass is 127. The number of nitrogen functional groups attached to an aromatic ring is 1. The summed E-state index contributed by atoms with van der Waals surface area (Å²) in [5.74, 6) is 1.18. The van der Waals surface area contributed by atoms with Crippen molar-refractivity contribution in [3.63, 3.8) is 0 Å². The van der Waals surface area contributed by atoms with Crippen molar-refractivity contribution in [2.75, 3.05) is 17.3 Å².